The van der Waals surface area contributed by atoms with Gasteiger partial charge in [-0.3, -0.25) is 4.79 Å². The Bertz CT molecular complexity index is 1310. The highest BCUT2D eigenvalue weighted by Crippen LogP contribution is 2.36. The van der Waals surface area contributed by atoms with E-state index in [1.165, 1.54) is 7.11 Å². The van der Waals surface area contributed by atoms with Crippen molar-refractivity contribution in [3.05, 3.63) is 107 Å². The van der Waals surface area contributed by atoms with E-state index >= 15 is 0 Å². The van der Waals surface area contributed by atoms with Crippen LogP contribution in [0, 0.1) is 6.92 Å². The summed E-state index contributed by atoms with van der Waals surface area (Å²) in [7, 11) is 2.99. The van der Waals surface area contributed by atoms with E-state index in [1.54, 1.807) is 7.11 Å². The van der Waals surface area contributed by atoms with Gasteiger partial charge >= 0.3 is 5.97 Å². The molecule has 178 valence electrons. The molecule has 0 aliphatic carbocycles. The first-order chi connectivity index (χ1) is 17.0. The van der Waals surface area contributed by atoms with Gasteiger partial charge in [0.05, 0.1) is 26.2 Å². The summed E-state index contributed by atoms with van der Waals surface area (Å²) in [6.45, 7) is 2.27. The Morgan fingerprint density at radius 2 is 1.49 bits per heavy atom. The number of aromatic nitrogens is 1. The van der Waals surface area contributed by atoms with Gasteiger partial charge in [0, 0.05) is 29.2 Å². The third-order valence-corrected chi connectivity index (χ3v) is 5.95. The van der Waals surface area contributed by atoms with Gasteiger partial charge in [0.15, 0.2) is 0 Å². The molecule has 1 N–H and O–H groups in total. The number of hydrogen-bond donors (Lipinski definition) is 1. The van der Waals surface area contributed by atoms with E-state index < -0.39 is 5.97 Å². The fourth-order valence-electron chi connectivity index (χ4n) is 4.27. The smallest absolute Gasteiger partial charge is 0.340 e. The number of nitrogens with zero attached hydrogens (tertiary/aromatic N) is 1. The highest BCUT2D eigenvalue weighted by Gasteiger charge is 2.28. The number of para-hydroxylation sites is 1. The molecule has 6 heteroatoms. The van der Waals surface area contributed by atoms with Gasteiger partial charge in [-0.25, -0.2) is 4.79 Å². The number of ether oxygens (including phenoxy) is 2. The molecule has 0 atom stereocenters. The van der Waals surface area contributed by atoms with Crippen LogP contribution in [0.25, 0.3) is 16.8 Å². The quantitative estimate of drug-likeness (QED) is 0.365. The van der Waals surface area contributed by atoms with Gasteiger partial charge < -0.3 is 19.4 Å². The lowest BCUT2D eigenvalue weighted by atomic mass is 9.98. The summed E-state index contributed by atoms with van der Waals surface area (Å²) >= 11 is 0. The molecule has 35 heavy (non-hydrogen) atoms. The minimum Gasteiger partial charge on any atom is -0.497 e. The lowest BCUT2D eigenvalue weighted by Gasteiger charge is -2.14. The van der Waals surface area contributed by atoms with Gasteiger partial charge in [0.25, 0.3) is 0 Å². The van der Waals surface area contributed by atoms with Gasteiger partial charge in [-0.05, 0) is 42.3 Å². The van der Waals surface area contributed by atoms with Gasteiger partial charge in [-0.1, -0.05) is 60.7 Å². The molecule has 0 aliphatic rings. The molecule has 0 radical (unpaired) electrons. The maximum atomic E-state index is 13.2. The van der Waals surface area contributed by atoms with Crippen molar-refractivity contribution in [1.82, 2.24) is 9.88 Å². The van der Waals surface area contributed by atoms with Crippen LogP contribution in [0.2, 0.25) is 0 Å². The maximum absolute atomic E-state index is 13.2. The van der Waals surface area contributed by atoms with Crippen molar-refractivity contribution in [3.63, 3.8) is 0 Å². The van der Waals surface area contributed by atoms with E-state index in [0.717, 1.165) is 34.0 Å². The summed E-state index contributed by atoms with van der Waals surface area (Å²) < 4.78 is 12.3. The zero-order chi connectivity index (χ0) is 24.8. The molecule has 0 fully saturated rings. The Balaban J connectivity index is 1.76. The molecule has 0 saturated heterocycles. The van der Waals surface area contributed by atoms with E-state index in [-0.39, 0.29) is 12.3 Å². The first-order valence-electron chi connectivity index (χ1n) is 11.4. The van der Waals surface area contributed by atoms with Gasteiger partial charge in [0.1, 0.15) is 5.75 Å². The number of methoxy groups -OCH3 is 2. The Kier molecular flexibility index (Phi) is 7.31. The second-order valence-corrected chi connectivity index (χ2v) is 8.11. The number of carbonyl (C=O) groups is 2. The standard InChI is InChI=1S/C29H28N2O4/c1-20-27(29(33)35-3)28(22-10-6-4-7-11-22)25(31(20)23-12-8-5-9-13-23)18-26(32)30-19-21-14-16-24(34-2)17-15-21/h4-17H,18-19H2,1-3H3,(H,30,32). The van der Waals surface area contributed by atoms with Crippen LogP contribution < -0.4 is 10.1 Å². The Morgan fingerprint density at radius 3 is 2.09 bits per heavy atom. The predicted octanol–water partition coefficient (Wildman–Crippen LogP) is 5.11. The molecule has 1 aromatic heterocycles. The van der Waals surface area contributed by atoms with Crippen molar-refractivity contribution in [3.8, 4) is 22.6 Å². The zero-order valence-electron chi connectivity index (χ0n) is 20.1. The van der Waals surface area contributed by atoms with Gasteiger partial charge in [0.2, 0.25) is 5.91 Å². The fourth-order valence-corrected chi connectivity index (χ4v) is 4.27. The summed E-state index contributed by atoms with van der Waals surface area (Å²) in [4.78, 5) is 26.1. The van der Waals surface area contributed by atoms with Crippen molar-refractivity contribution in [2.24, 2.45) is 0 Å². The van der Waals surface area contributed by atoms with E-state index in [9.17, 15) is 9.59 Å². The Hall–Kier alpha value is -4.32. The summed E-state index contributed by atoms with van der Waals surface area (Å²) in [5.74, 6) is 0.180. The average Bonchev–Trinajstić information content (AvgIpc) is 3.19. The molecule has 3 aromatic carbocycles. The SMILES string of the molecule is COC(=O)c1c(-c2ccccc2)c(CC(=O)NCc2ccc(OC)cc2)n(-c2ccccc2)c1C. The van der Waals surface area contributed by atoms with Gasteiger partial charge in [-0.2, -0.15) is 0 Å². The summed E-state index contributed by atoms with van der Waals surface area (Å²) in [6, 6.07) is 26.9. The van der Waals surface area contributed by atoms with Crippen molar-refractivity contribution < 1.29 is 19.1 Å². The van der Waals surface area contributed by atoms with Crippen molar-refractivity contribution >= 4 is 11.9 Å². The second-order valence-electron chi connectivity index (χ2n) is 8.11. The third kappa shape index (κ3) is 5.11. The highest BCUT2D eigenvalue weighted by atomic mass is 16.5. The van der Waals surface area contributed by atoms with Crippen LogP contribution in [-0.4, -0.2) is 30.7 Å². The van der Waals surface area contributed by atoms with Crippen molar-refractivity contribution in [1.29, 1.82) is 0 Å². The summed E-state index contributed by atoms with van der Waals surface area (Å²) in [5, 5.41) is 3.00. The molecule has 0 unspecified atom stereocenters. The van der Waals surface area contributed by atoms with Crippen LogP contribution in [0.15, 0.2) is 84.9 Å². The van der Waals surface area contributed by atoms with Crippen LogP contribution in [0.5, 0.6) is 5.75 Å². The van der Waals surface area contributed by atoms with Gasteiger partial charge in [-0.15, -0.1) is 0 Å². The minimum absolute atomic E-state index is 0.0904. The molecule has 6 nitrogen and oxygen atoms in total. The van der Waals surface area contributed by atoms with E-state index in [2.05, 4.69) is 5.32 Å². The number of nitrogens with one attached hydrogen (secondary N) is 1. The number of rotatable bonds is 8. The van der Waals surface area contributed by atoms with Crippen LogP contribution >= 0.6 is 0 Å². The van der Waals surface area contributed by atoms with Crippen molar-refractivity contribution in [2.45, 2.75) is 19.9 Å². The molecular formula is C29H28N2O4. The highest BCUT2D eigenvalue weighted by molar-refractivity contribution is 6.01. The topological polar surface area (TPSA) is 69.6 Å². The summed E-state index contributed by atoms with van der Waals surface area (Å²) in [6.07, 6.45) is 0.0904. The zero-order valence-corrected chi connectivity index (χ0v) is 20.1. The fraction of sp³-hybridized carbons (Fsp3) is 0.172. The molecule has 1 heterocycles. The predicted molar refractivity (Wildman–Crippen MR) is 136 cm³/mol. The van der Waals surface area contributed by atoms with E-state index in [1.807, 2.05) is 96.4 Å². The monoisotopic (exact) mass is 468 g/mol. The normalized spacial score (nSPS) is 10.6. The molecule has 0 spiro atoms. The van der Waals surface area contributed by atoms with Crippen molar-refractivity contribution in [2.75, 3.05) is 14.2 Å². The average molecular weight is 469 g/mol. The van der Waals surface area contributed by atoms with E-state index in [4.69, 9.17) is 9.47 Å². The second kappa shape index (κ2) is 10.7. The number of carbonyl (C=O) groups excluding carboxylic acids is 2. The largest absolute Gasteiger partial charge is 0.497 e. The lowest BCUT2D eigenvalue weighted by molar-refractivity contribution is -0.120. The maximum Gasteiger partial charge on any atom is 0.340 e. The number of esters is 1. The van der Waals surface area contributed by atoms with Crippen LogP contribution in [0.3, 0.4) is 0 Å². The number of benzene rings is 3. The number of hydrogen-bond acceptors (Lipinski definition) is 4. The van der Waals surface area contributed by atoms with Crippen LogP contribution in [-0.2, 0) is 22.5 Å². The molecular weight excluding hydrogens is 440 g/mol. The molecule has 0 bridgehead atoms. The molecule has 4 rings (SSSR count). The molecule has 1 amide bonds. The Labute approximate surface area is 205 Å². The van der Waals surface area contributed by atoms with Crippen LogP contribution in [0.1, 0.15) is 27.3 Å². The third-order valence-electron chi connectivity index (χ3n) is 5.95. The first kappa shape index (κ1) is 23.8. The molecule has 0 aliphatic heterocycles. The van der Waals surface area contributed by atoms with E-state index in [0.29, 0.717) is 17.7 Å². The van der Waals surface area contributed by atoms with Crippen LogP contribution in [0.4, 0.5) is 0 Å². The lowest BCUT2D eigenvalue weighted by Crippen LogP contribution is -2.25. The first-order valence-corrected chi connectivity index (χ1v) is 11.4. The minimum atomic E-state index is -0.434. The summed E-state index contributed by atoms with van der Waals surface area (Å²) in [5.41, 5.74) is 5.30. The molecule has 0 saturated carbocycles. The molecule has 4 aromatic rings. The number of amides is 1. The Morgan fingerprint density at radius 1 is 0.857 bits per heavy atom.